The minimum Gasteiger partial charge on any atom is -0.481 e. The number of aromatic nitrogens is 2. The molecule has 0 bridgehead atoms. The van der Waals surface area contributed by atoms with Crippen LogP contribution in [0.1, 0.15) is 26.2 Å². The number of hydrogen-bond donors (Lipinski definition) is 2. The first-order chi connectivity index (χ1) is 9.10. The Bertz CT molecular complexity index is 403. The van der Waals surface area contributed by atoms with E-state index in [0.717, 1.165) is 12.8 Å². The molecular weight excluding hydrogens is 250 g/mol. The molecule has 7 heteroatoms. The number of methoxy groups -OCH3 is 2. The Morgan fingerprint density at radius 3 is 2.37 bits per heavy atom. The lowest BCUT2D eigenvalue weighted by Gasteiger charge is -2.14. The van der Waals surface area contributed by atoms with Crippen LogP contribution in [-0.4, -0.2) is 41.3 Å². The highest BCUT2D eigenvalue weighted by Gasteiger charge is 2.18. The van der Waals surface area contributed by atoms with E-state index in [1.165, 1.54) is 20.3 Å². The summed E-state index contributed by atoms with van der Waals surface area (Å²) in [6.07, 6.45) is 2.24. The SMILES string of the molecule is CCCCC(Nc1nc(OC)cc(OC)n1)C(=O)O. The fourth-order valence-electron chi connectivity index (χ4n) is 1.50. The van der Waals surface area contributed by atoms with Gasteiger partial charge in [0.05, 0.1) is 20.3 Å². The van der Waals surface area contributed by atoms with Crippen molar-refractivity contribution in [3.8, 4) is 11.8 Å². The standard InChI is InChI=1S/C12H19N3O4/c1-4-5-6-8(11(16)17)13-12-14-9(18-2)7-10(15-12)19-3/h7-8H,4-6H2,1-3H3,(H,16,17)(H,13,14,15). The third-order valence-electron chi connectivity index (χ3n) is 2.55. The Morgan fingerprint density at radius 1 is 1.37 bits per heavy atom. The predicted molar refractivity (Wildman–Crippen MR) is 69.7 cm³/mol. The normalized spacial score (nSPS) is 11.7. The highest BCUT2D eigenvalue weighted by atomic mass is 16.5. The molecule has 1 atom stereocenters. The summed E-state index contributed by atoms with van der Waals surface area (Å²) in [7, 11) is 2.94. The molecule has 1 heterocycles. The van der Waals surface area contributed by atoms with Gasteiger partial charge in [-0.1, -0.05) is 19.8 Å². The van der Waals surface area contributed by atoms with Gasteiger partial charge in [-0.05, 0) is 6.42 Å². The van der Waals surface area contributed by atoms with Crippen molar-refractivity contribution in [3.63, 3.8) is 0 Å². The molecule has 0 aromatic carbocycles. The van der Waals surface area contributed by atoms with Gasteiger partial charge in [-0.15, -0.1) is 0 Å². The summed E-state index contributed by atoms with van der Waals surface area (Å²) in [4.78, 5) is 19.2. The number of carboxylic acid groups (broad SMARTS) is 1. The minimum absolute atomic E-state index is 0.180. The molecule has 106 valence electrons. The van der Waals surface area contributed by atoms with E-state index >= 15 is 0 Å². The van der Waals surface area contributed by atoms with Crippen molar-refractivity contribution in [2.24, 2.45) is 0 Å². The second kappa shape index (κ2) is 7.40. The average Bonchev–Trinajstić information content (AvgIpc) is 2.42. The number of unbranched alkanes of at least 4 members (excludes halogenated alkanes) is 1. The van der Waals surface area contributed by atoms with Crippen molar-refractivity contribution in [1.29, 1.82) is 0 Å². The maximum Gasteiger partial charge on any atom is 0.326 e. The molecular formula is C12H19N3O4. The summed E-state index contributed by atoms with van der Waals surface area (Å²) in [6, 6.07) is 0.796. The van der Waals surface area contributed by atoms with Crippen LogP contribution in [0, 0.1) is 0 Å². The molecule has 0 aliphatic heterocycles. The molecule has 19 heavy (non-hydrogen) atoms. The summed E-state index contributed by atoms with van der Waals surface area (Å²) >= 11 is 0. The molecule has 1 aromatic rings. The summed E-state index contributed by atoms with van der Waals surface area (Å²) < 4.78 is 10.0. The summed E-state index contributed by atoms with van der Waals surface area (Å²) in [5.41, 5.74) is 0. The molecule has 2 N–H and O–H groups in total. The first-order valence-corrected chi connectivity index (χ1v) is 6.07. The topological polar surface area (TPSA) is 93.6 Å². The Kier molecular flexibility index (Phi) is 5.84. The van der Waals surface area contributed by atoms with Gasteiger partial charge in [0.25, 0.3) is 0 Å². The number of nitrogens with zero attached hydrogens (tertiary/aromatic N) is 2. The lowest BCUT2D eigenvalue weighted by Crippen LogP contribution is -2.30. The Balaban J connectivity index is 2.85. The lowest BCUT2D eigenvalue weighted by molar-refractivity contribution is -0.138. The third-order valence-corrected chi connectivity index (χ3v) is 2.55. The first kappa shape index (κ1) is 15.0. The lowest BCUT2D eigenvalue weighted by atomic mass is 10.1. The fourth-order valence-corrected chi connectivity index (χ4v) is 1.50. The van der Waals surface area contributed by atoms with E-state index < -0.39 is 12.0 Å². The second-order valence-electron chi connectivity index (χ2n) is 3.95. The molecule has 7 nitrogen and oxygen atoms in total. The number of aliphatic carboxylic acids is 1. The van der Waals surface area contributed by atoms with Crippen LogP contribution in [0.15, 0.2) is 6.07 Å². The molecule has 0 fully saturated rings. The maximum atomic E-state index is 11.1. The van der Waals surface area contributed by atoms with Crippen molar-refractivity contribution >= 4 is 11.9 Å². The van der Waals surface area contributed by atoms with E-state index in [-0.39, 0.29) is 5.95 Å². The molecule has 0 amide bonds. The van der Waals surface area contributed by atoms with Crippen molar-refractivity contribution in [2.45, 2.75) is 32.2 Å². The first-order valence-electron chi connectivity index (χ1n) is 6.07. The number of nitrogens with one attached hydrogen (secondary N) is 1. The number of carboxylic acids is 1. The van der Waals surface area contributed by atoms with Gasteiger partial charge in [0.15, 0.2) is 0 Å². The molecule has 0 aliphatic rings. The zero-order valence-electron chi connectivity index (χ0n) is 11.3. The maximum absolute atomic E-state index is 11.1. The van der Waals surface area contributed by atoms with Crippen LogP contribution >= 0.6 is 0 Å². The molecule has 1 aromatic heterocycles. The van der Waals surface area contributed by atoms with E-state index in [4.69, 9.17) is 14.6 Å². The summed E-state index contributed by atoms with van der Waals surface area (Å²) in [6.45, 7) is 2.00. The Morgan fingerprint density at radius 2 is 1.95 bits per heavy atom. The molecule has 0 spiro atoms. The van der Waals surface area contributed by atoms with Crippen molar-refractivity contribution in [1.82, 2.24) is 9.97 Å². The van der Waals surface area contributed by atoms with Crippen LogP contribution in [0.4, 0.5) is 5.95 Å². The zero-order valence-corrected chi connectivity index (χ0v) is 11.3. The molecule has 0 saturated carbocycles. The zero-order chi connectivity index (χ0) is 14.3. The third kappa shape index (κ3) is 4.61. The molecule has 0 saturated heterocycles. The van der Waals surface area contributed by atoms with Gasteiger partial charge in [-0.25, -0.2) is 4.79 Å². The monoisotopic (exact) mass is 269 g/mol. The Hall–Kier alpha value is -2.05. The van der Waals surface area contributed by atoms with E-state index in [1.807, 2.05) is 6.92 Å². The predicted octanol–water partition coefficient (Wildman–Crippen LogP) is 1.55. The Labute approximate surface area is 112 Å². The van der Waals surface area contributed by atoms with E-state index in [2.05, 4.69) is 15.3 Å². The van der Waals surface area contributed by atoms with Crippen molar-refractivity contribution < 1.29 is 19.4 Å². The van der Waals surface area contributed by atoms with Gasteiger partial charge in [-0.2, -0.15) is 9.97 Å². The smallest absolute Gasteiger partial charge is 0.326 e. The largest absolute Gasteiger partial charge is 0.481 e. The summed E-state index contributed by atoms with van der Waals surface area (Å²) in [5, 5.41) is 11.9. The van der Waals surface area contributed by atoms with Gasteiger partial charge in [-0.3, -0.25) is 0 Å². The number of rotatable bonds is 8. The fraction of sp³-hybridized carbons (Fsp3) is 0.583. The van der Waals surface area contributed by atoms with Crippen molar-refractivity contribution in [3.05, 3.63) is 6.07 Å². The highest BCUT2D eigenvalue weighted by molar-refractivity contribution is 5.76. The quantitative estimate of drug-likeness (QED) is 0.739. The average molecular weight is 269 g/mol. The molecule has 1 rings (SSSR count). The number of carbonyl (C=O) groups is 1. The highest BCUT2D eigenvalue weighted by Crippen LogP contribution is 2.18. The van der Waals surface area contributed by atoms with Gasteiger partial charge in [0.1, 0.15) is 6.04 Å². The number of ether oxygens (including phenoxy) is 2. The second-order valence-corrected chi connectivity index (χ2v) is 3.95. The summed E-state index contributed by atoms with van der Waals surface area (Å²) in [5.74, 6) is -0.124. The van der Waals surface area contributed by atoms with E-state index in [1.54, 1.807) is 0 Å². The van der Waals surface area contributed by atoms with Gasteiger partial charge < -0.3 is 19.9 Å². The van der Waals surface area contributed by atoms with Crippen LogP contribution in [0.5, 0.6) is 11.8 Å². The van der Waals surface area contributed by atoms with Crippen molar-refractivity contribution in [2.75, 3.05) is 19.5 Å². The van der Waals surface area contributed by atoms with E-state index in [9.17, 15) is 4.79 Å². The van der Waals surface area contributed by atoms with Crippen LogP contribution in [0.3, 0.4) is 0 Å². The minimum atomic E-state index is -0.932. The van der Waals surface area contributed by atoms with Gasteiger partial charge in [0, 0.05) is 0 Å². The number of hydrogen-bond acceptors (Lipinski definition) is 6. The van der Waals surface area contributed by atoms with Gasteiger partial charge in [0.2, 0.25) is 17.7 Å². The van der Waals surface area contributed by atoms with Crippen LogP contribution in [-0.2, 0) is 4.79 Å². The molecule has 0 radical (unpaired) electrons. The molecule has 0 aliphatic carbocycles. The van der Waals surface area contributed by atoms with Crippen LogP contribution < -0.4 is 14.8 Å². The number of anilines is 1. The molecule has 1 unspecified atom stereocenters. The van der Waals surface area contributed by atoms with Gasteiger partial charge >= 0.3 is 5.97 Å². The van der Waals surface area contributed by atoms with Crippen LogP contribution in [0.2, 0.25) is 0 Å². The van der Waals surface area contributed by atoms with Crippen LogP contribution in [0.25, 0.3) is 0 Å². The van der Waals surface area contributed by atoms with E-state index in [0.29, 0.717) is 18.2 Å².